The van der Waals surface area contributed by atoms with Crippen LogP contribution in [0.2, 0.25) is 0 Å². The summed E-state index contributed by atoms with van der Waals surface area (Å²) in [6.07, 6.45) is 15.9. The van der Waals surface area contributed by atoms with E-state index in [1.165, 1.54) is 30.4 Å². The molecule has 3 heterocycles. The van der Waals surface area contributed by atoms with E-state index in [9.17, 15) is 14.7 Å². The predicted molar refractivity (Wildman–Crippen MR) is 189 cm³/mol. The van der Waals surface area contributed by atoms with E-state index in [0.29, 0.717) is 22.9 Å². The van der Waals surface area contributed by atoms with Crippen LogP contribution in [0.5, 0.6) is 0 Å². The van der Waals surface area contributed by atoms with Gasteiger partial charge in [-0.1, -0.05) is 38.1 Å². The number of rotatable bonds is 10. The Morgan fingerprint density at radius 1 is 0.939 bits per heavy atom. The van der Waals surface area contributed by atoms with Crippen molar-refractivity contribution in [2.45, 2.75) is 119 Å². The Morgan fingerprint density at radius 3 is 2.20 bits per heavy atom. The largest absolute Gasteiger partial charge is 0.0585 e. The number of anilines is 1. The fourth-order valence-electron chi connectivity index (χ4n) is 8.71. The topological polar surface area (TPSA) is 91.6 Å². The van der Waals surface area contributed by atoms with Gasteiger partial charge in [0.25, 0.3) is 0 Å². The van der Waals surface area contributed by atoms with Crippen molar-refractivity contribution < 1.29 is 35.9 Å². The maximum absolute atomic E-state index is 14.7. The maximum Gasteiger partial charge on any atom is -0.0582 e. The molecule has 0 radical (unpaired) electrons. The smallest absolute Gasteiger partial charge is 0.0582 e. The van der Waals surface area contributed by atoms with Crippen molar-refractivity contribution in [3.8, 4) is 11.1 Å². The van der Waals surface area contributed by atoms with Crippen molar-refractivity contribution in [1.82, 2.24) is 19.7 Å². The van der Waals surface area contributed by atoms with Crippen LogP contribution in [0.15, 0.2) is 55.0 Å². The molecular weight excluding hydrogens is 725 g/mol. The SMILES string of the molecule is CC(C)c1ccc(C23CCC(CN(C(=O)C4CCC([I-]C(=O)N5CC(O)C5)CC4)c4cc(-c5cnn(C(C)C)c5)ccn4)(CC2)CC3)cc1. The minimum Gasteiger partial charge on any atom is -0.0585 e. The van der Waals surface area contributed by atoms with Crippen LogP contribution in [0, 0.1) is 11.3 Å². The van der Waals surface area contributed by atoms with E-state index in [1.54, 1.807) is 0 Å². The number of aliphatic hydroxyl groups excluding tert-OH is 1. The molecule has 1 aliphatic heterocycles. The van der Waals surface area contributed by atoms with Gasteiger partial charge < -0.3 is 0 Å². The van der Waals surface area contributed by atoms with E-state index in [1.807, 2.05) is 28.0 Å². The molecule has 1 N–H and O–H groups in total. The predicted octanol–water partition coefficient (Wildman–Crippen LogP) is 4.72. The summed E-state index contributed by atoms with van der Waals surface area (Å²) >= 11 is -0.627. The summed E-state index contributed by atoms with van der Waals surface area (Å²) in [6.45, 7) is 10.5. The van der Waals surface area contributed by atoms with Gasteiger partial charge in [-0.05, 0) is 25.3 Å². The van der Waals surface area contributed by atoms with Gasteiger partial charge in [-0.25, -0.2) is 0 Å². The summed E-state index contributed by atoms with van der Waals surface area (Å²) in [7, 11) is 0. The maximum atomic E-state index is 14.7. The van der Waals surface area contributed by atoms with Crippen molar-refractivity contribution in [2.75, 3.05) is 24.5 Å². The van der Waals surface area contributed by atoms with Gasteiger partial charge >= 0.3 is 234 Å². The van der Waals surface area contributed by atoms with Crippen LogP contribution in [0.25, 0.3) is 11.1 Å². The fraction of sp³-hybridized carbons (Fsp3) is 0.600. The number of pyridine rings is 1. The molecule has 4 saturated carbocycles. The molecule has 3 aromatic rings. The first-order chi connectivity index (χ1) is 23.5. The van der Waals surface area contributed by atoms with Crippen LogP contribution in [-0.2, 0) is 10.2 Å². The second-order valence-corrected chi connectivity index (χ2v) is 19.4. The zero-order chi connectivity index (χ0) is 34.3. The van der Waals surface area contributed by atoms with Gasteiger partial charge in [-0.15, -0.1) is 0 Å². The standard InChI is InChI=1S/C40H53IN5O3/c1-27(2)29-5-9-33(10-6-29)40-17-14-39(15-18-40,16-19-40)26-45(36-21-31(13-20-42-36)32-22-43-46(23-32)28(3)4)37(48)30-7-11-34(12-8-30)41-38(49)44-24-35(47)25-44/h5-6,9-10,13,20-23,27-28,30,34-35,47H,7-8,11-12,14-19,24-26H2,1-4H3/q-1. The minimum atomic E-state index is -0.627. The number of aromatic nitrogens is 3. The van der Waals surface area contributed by atoms with Gasteiger partial charge in [0.15, 0.2) is 0 Å². The Bertz CT molecular complexity index is 1610. The summed E-state index contributed by atoms with van der Waals surface area (Å²) in [6, 6.07) is 13.8. The van der Waals surface area contributed by atoms with Crippen molar-refractivity contribution in [2.24, 2.45) is 11.3 Å². The third-order valence-electron chi connectivity index (χ3n) is 12.2. The Hall–Kier alpha value is -2.79. The molecule has 0 atom stereocenters. The van der Waals surface area contributed by atoms with Gasteiger partial charge in [0.2, 0.25) is 0 Å². The van der Waals surface area contributed by atoms with E-state index >= 15 is 0 Å². The normalized spacial score (nSPS) is 27.1. The van der Waals surface area contributed by atoms with E-state index in [0.717, 1.165) is 68.4 Å². The first-order valence-electron chi connectivity index (χ1n) is 18.6. The molecule has 8 rings (SSSR count). The average Bonchev–Trinajstić information content (AvgIpc) is 3.62. The van der Waals surface area contributed by atoms with Crippen LogP contribution < -0.4 is 26.1 Å². The summed E-state index contributed by atoms with van der Waals surface area (Å²) in [5.41, 5.74) is 5.33. The second kappa shape index (κ2) is 14.1. The van der Waals surface area contributed by atoms with E-state index in [2.05, 4.69) is 74.2 Å². The van der Waals surface area contributed by atoms with Crippen LogP contribution in [0.1, 0.15) is 115 Å². The number of hydrogen-bond acceptors (Lipinski definition) is 5. The molecule has 5 aliphatic rings. The van der Waals surface area contributed by atoms with E-state index < -0.39 is 21.2 Å². The van der Waals surface area contributed by atoms with Crippen LogP contribution >= 0.6 is 0 Å². The van der Waals surface area contributed by atoms with Gasteiger partial charge in [-0.2, -0.15) is 0 Å². The van der Waals surface area contributed by atoms with Crippen molar-refractivity contribution in [1.29, 1.82) is 0 Å². The Labute approximate surface area is 302 Å². The van der Waals surface area contributed by atoms with Crippen LogP contribution in [0.3, 0.4) is 0 Å². The number of carbonyl (C=O) groups is 2. The summed E-state index contributed by atoms with van der Waals surface area (Å²) in [5.74, 6) is 1.45. The number of nitrogens with zero attached hydrogens (tertiary/aromatic N) is 5. The molecule has 0 unspecified atom stereocenters. The summed E-state index contributed by atoms with van der Waals surface area (Å²) in [5, 5.41) is 14.2. The van der Waals surface area contributed by atoms with Crippen LogP contribution in [-0.4, -0.2) is 64.3 Å². The molecule has 49 heavy (non-hydrogen) atoms. The van der Waals surface area contributed by atoms with Crippen molar-refractivity contribution in [3.63, 3.8) is 0 Å². The Balaban J connectivity index is 1.09. The number of benzene rings is 1. The molecule has 4 aliphatic carbocycles. The molecule has 8 nitrogen and oxygen atoms in total. The number of halogens is 1. The number of β-amino-alcohol motifs (C(OH)–C–C–N with tert-alkyl or cyclic N) is 1. The average molecular weight is 779 g/mol. The first kappa shape index (κ1) is 34.6. The minimum absolute atomic E-state index is 0.0440. The monoisotopic (exact) mass is 778 g/mol. The Kier molecular flexibility index (Phi) is 9.96. The number of amides is 2. The number of aliphatic hydroxyl groups is 1. The molecular formula is C40H53IN5O3-. The van der Waals surface area contributed by atoms with Crippen molar-refractivity contribution in [3.05, 3.63) is 66.1 Å². The number of hydrogen-bond donors (Lipinski definition) is 1. The third-order valence-corrected chi connectivity index (χ3v) is 15.5. The fourth-order valence-corrected chi connectivity index (χ4v) is 11.6. The molecule has 2 aromatic heterocycles. The molecule has 1 aromatic carbocycles. The molecule has 2 amide bonds. The quantitative estimate of drug-likeness (QED) is 0.139. The number of alkyl halides is 1. The molecule has 264 valence electrons. The number of fused-ring (bicyclic) bond motifs is 3. The van der Waals surface area contributed by atoms with Gasteiger partial charge in [0, 0.05) is 6.04 Å². The van der Waals surface area contributed by atoms with Gasteiger partial charge in [-0.3, -0.25) is 0 Å². The molecule has 1 saturated heterocycles. The Morgan fingerprint density at radius 2 is 1.61 bits per heavy atom. The molecule has 5 fully saturated rings. The molecule has 2 bridgehead atoms. The van der Waals surface area contributed by atoms with Gasteiger partial charge in [0.05, 0.1) is 0 Å². The number of likely N-dealkylation sites (tertiary alicyclic amines) is 1. The zero-order valence-electron chi connectivity index (χ0n) is 29.7. The summed E-state index contributed by atoms with van der Waals surface area (Å²) < 4.78 is 2.64. The van der Waals surface area contributed by atoms with E-state index in [4.69, 9.17) is 4.98 Å². The first-order valence-corrected chi connectivity index (χ1v) is 20.9. The van der Waals surface area contributed by atoms with E-state index in [-0.39, 0.29) is 38.7 Å². The van der Waals surface area contributed by atoms with Crippen LogP contribution in [0.4, 0.5) is 10.6 Å². The molecule has 0 spiro atoms. The number of carbonyl (C=O) groups excluding carboxylic acids is 2. The second-order valence-electron chi connectivity index (χ2n) is 16.1. The third kappa shape index (κ3) is 7.21. The van der Waals surface area contributed by atoms with Gasteiger partial charge in [0.1, 0.15) is 0 Å². The summed E-state index contributed by atoms with van der Waals surface area (Å²) in [4.78, 5) is 36.2. The zero-order valence-corrected chi connectivity index (χ0v) is 31.8. The van der Waals surface area contributed by atoms with Crippen molar-refractivity contribution >= 4 is 15.6 Å². The molecule has 9 heteroatoms.